The molecule has 21 heavy (non-hydrogen) atoms. The fourth-order valence-electron chi connectivity index (χ4n) is 3.01. The third-order valence-electron chi connectivity index (χ3n) is 4.22. The summed E-state index contributed by atoms with van der Waals surface area (Å²) in [5.41, 5.74) is 0.00205. The number of amides is 1. The molecule has 1 aliphatic rings. The van der Waals surface area contributed by atoms with Crippen molar-refractivity contribution in [3.8, 4) is 0 Å². The van der Waals surface area contributed by atoms with Crippen molar-refractivity contribution in [2.45, 2.75) is 51.5 Å². The average molecular weight is 291 g/mol. The van der Waals surface area contributed by atoms with Gasteiger partial charge in [-0.05, 0) is 30.9 Å². The molecule has 1 aromatic carbocycles. The van der Waals surface area contributed by atoms with Crippen molar-refractivity contribution in [3.05, 3.63) is 35.6 Å². The van der Waals surface area contributed by atoms with Crippen molar-refractivity contribution in [2.24, 2.45) is 5.92 Å². The van der Waals surface area contributed by atoms with Gasteiger partial charge >= 0.3 is 0 Å². The number of carbonyl (C=O) groups is 2. The monoisotopic (exact) mass is 291 g/mol. The van der Waals surface area contributed by atoms with Crippen LogP contribution in [0.15, 0.2) is 24.3 Å². The van der Waals surface area contributed by atoms with Gasteiger partial charge < -0.3 is 5.32 Å². The summed E-state index contributed by atoms with van der Waals surface area (Å²) >= 11 is 0. The second-order valence-electron chi connectivity index (χ2n) is 5.65. The molecule has 1 atom stereocenters. The molecule has 0 aliphatic heterocycles. The summed E-state index contributed by atoms with van der Waals surface area (Å²) in [6, 6.07) is 5.38. The fraction of sp³-hybridized carbons (Fsp3) is 0.529. The highest BCUT2D eigenvalue weighted by Crippen LogP contribution is 2.27. The van der Waals surface area contributed by atoms with Crippen LogP contribution in [0.2, 0.25) is 0 Å². The lowest BCUT2D eigenvalue weighted by Crippen LogP contribution is -2.46. The molecular weight excluding hydrogens is 269 g/mol. The Morgan fingerprint density at radius 2 is 1.90 bits per heavy atom. The smallest absolute Gasteiger partial charge is 0.254 e. The number of rotatable bonds is 5. The average Bonchev–Trinajstić information content (AvgIpc) is 2.53. The molecule has 4 heteroatoms. The number of halogens is 1. The van der Waals surface area contributed by atoms with Crippen molar-refractivity contribution < 1.29 is 14.0 Å². The molecule has 1 unspecified atom stereocenters. The Bertz CT molecular complexity index is 509. The topological polar surface area (TPSA) is 46.2 Å². The summed E-state index contributed by atoms with van der Waals surface area (Å²) in [4.78, 5) is 24.4. The lowest BCUT2D eigenvalue weighted by molar-refractivity contribution is -0.122. The van der Waals surface area contributed by atoms with Crippen LogP contribution in [0, 0.1) is 11.7 Å². The van der Waals surface area contributed by atoms with E-state index in [0.717, 1.165) is 25.7 Å². The minimum atomic E-state index is -0.554. The predicted octanol–water partition coefficient (Wildman–Crippen LogP) is 3.48. The zero-order valence-corrected chi connectivity index (χ0v) is 12.4. The maximum Gasteiger partial charge on any atom is 0.254 e. The molecule has 0 heterocycles. The molecule has 0 radical (unpaired) electrons. The van der Waals surface area contributed by atoms with Gasteiger partial charge in [-0.25, -0.2) is 4.39 Å². The molecule has 1 aliphatic carbocycles. The highest BCUT2D eigenvalue weighted by Gasteiger charge is 2.30. The van der Waals surface area contributed by atoms with E-state index in [1.165, 1.54) is 18.6 Å². The van der Waals surface area contributed by atoms with E-state index in [4.69, 9.17) is 0 Å². The molecule has 1 N–H and O–H groups in total. The second kappa shape index (κ2) is 7.34. The van der Waals surface area contributed by atoms with Gasteiger partial charge in [-0.15, -0.1) is 0 Å². The minimum absolute atomic E-state index is 0.00205. The first-order chi connectivity index (χ1) is 10.1. The van der Waals surface area contributed by atoms with Crippen LogP contribution in [-0.4, -0.2) is 17.7 Å². The van der Waals surface area contributed by atoms with E-state index in [0.29, 0.717) is 6.42 Å². The van der Waals surface area contributed by atoms with Crippen molar-refractivity contribution in [1.82, 2.24) is 5.32 Å². The fourth-order valence-corrected chi connectivity index (χ4v) is 3.01. The Hall–Kier alpha value is -1.71. The van der Waals surface area contributed by atoms with Crippen LogP contribution in [-0.2, 0) is 4.79 Å². The van der Waals surface area contributed by atoms with Crippen LogP contribution >= 0.6 is 0 Å². The van der Waals surface area contributed by atoms with Crippen LogP contribution in [0.1, 0.15) is 55.8 Å². The van der Waals surface area contributed by atoms with Gasteiger partial charge in [-0.1, -0.05) is 38.3 Å². The normalized spacial score (nSPS) is 17.2. The van der Waals surface area contributed by atoms with E-state index in [2.05, 4.69) is 5.32 Å². The summed E-state index contributed by atoms with van der Waals surface area (Å²) in [5.74, 6) is -0.833. The van der Waals surface area contributed by atoms with Crippen molar-refractivity contribution in [3.63, 3.8) is 0 Å². The summed E-state index contributed by atoms with van der Waals surface area (Å²) < 4.78 is 13.7. The molecule has 1 fully saturated rings. The van der Waals surface area contributed by atoms with E-state index >= 15 is 0 Å². The quantitative estimate of drug-likeness (QED) is 0.902. The molecule has 0 spiro atoms. The van der Waals surface area contributed by atoms with Crippen LogP contribution in [0.3, 0.4) is 0 Å². The van der Waals surface area contributed by atoms with Gasteiger partial charge in [0.15, 0.2) is 5.78 Å². The minimum Gasteiger partial charge on any atom is -0.342 e. The maximum atomic E-state index is 13.7. The lowest BCUT2D eigenvalue weighted by Gasteiger charge is -2.29. The summed E-state index contributed by atoms with van der Waals surface area (Å²) in [5, 5.41) is 2.77. The molecule has 0 aromatic heterocycles. The zero-order chi connectivity index (χ0) is 15.2. The van der Waals surface area contributed by atoms with Crippen molar-refractivity contribution in [2.75, 3.05) is 0 Å². The van der Waals surface area contributed by atoms with Gasteiger partial charge in [0, 0.05) is 6.42 Å². The van der Waals surface area contributed by atoms with Crippen LogP contribution in [0.4, 0.5) is 4.39 Å². The highest BCUT2D eigenvalue weighted by molar-refractivity contribution is 5.98. The van der Waals surface area contributed by atoms with Gasteiger partial charge in [-0.3, -0.25) is 9.59 Å². The maximum absolute atomic E-state index is 13.7. The van der Waals surface area contributed by atoms with Crippen molar-refractivity contribution >= 4 is 11.7 Å². The zero-order valence-electron chi connectivity index (χ0n) is 12.4. The van der Waals surface area contributed by atoms with Crippen LogP contribution in [0.5, 0.6) is 0 Å². The molecule has 1 aromatic rings. The van der Waals surface area contributed by atoms with Gasteiger partial charge in [0.05, 0.1) is 11.6 Å². The first-order valence-electron chi connectivity index (χ1n) is 7.71. The number of nitrogens with one attached hydrogen (secondary N) is 1. The van der Waals surface area contributed by atoms with Crippen LogP contribution < -0.4 is 5.32 Å². The number of hydrogen-bond acceptors (Lipinski definition) is 2. The van der Waals surface area contributed by atoms with Crippen molar-refractivity contribution in [1.29, 1.82) is 0 Å². The van der Waals surface area contributed by atoms with Crippen LogP contribution in [0.25, 0.3) is 0 Å². The van der Waals surface area contributed by atoms with E-state index < -0.39 is 17.8 Å². The molecule has 3 nitrogen and oxygen atoms in total. The summed E-state index contributed by atoms with van der Waals surface area (Å²) in [6.45, 7) is 1.80. The number of hydrogen-bond donors (Lipinski definition) is 1. The Balaban J connectivity index is 2.13. The standard InChI is InChI=1S/C17H22FNO2/c1-2-15(20)16(12-8-4-3-5-9-12)19-17(21)13-10-6-7-11-14(13)18/h6-7,10-12,16H,2-5,8-9H2,1H3,(H,19,21). The van der Waals surface area contributed by atoms with E-state index in [1.807, 2.05) is 0 Å². The van der Waals surface area contributed by atoms with E-state index in [9.17, 15) is 14.0 Å². The summed E-state index contributed by atoms with van der Waals surface area (Å²) in [7, 11) is 0. The molecule has 0 bridgehead atoms. The van der Waals surface area contributed by atoms with Gasteiger partial charge in [0.1, 0.15) is 5.82 Å². The molecule has 0 saturated heterocycles. The third-order valence-corrected chi connectivity index (χ3v) is 4.22. The largest absolute Gasteiger partial charge is 0.342 e. The van der Waals surface area contributed by atoms with Gasteiger partial charge in [0.2, 0.25) is 0 Å². The lowest BCUT2D eigenvalue weighted by atomic mass is 9.81. The number of benzene rings is 1. The van der Waals surface area contributed by atoms with E-state index in [-0.39, 0.29) is 17.3 Å². The Labute approximate surface area is 124 Å². The first kappa shape index (κ1) is 15.7. The number of carbonyl (C=O) groups excluding carboxylic acids is 2. The Kier molecular flexibility index (Phi) is 5.48. The molecule has 1 saturated carbocycles. The van der Waals surface area contributed by atoms with Gasteiger partial charge in [0.25, 0.3) is 5.91 Å². The molecule has 2 rings (SSSR count). The Morgan fingerprint density at radius 1 is 1.24 bits per heavy atom. The summed E-state index contributed by atoms with van der Waals surface area (Å²) in [6.07, 6.45) is 5.66. The number of Topliss-reactive ketones (excluding diaryl/α,β-unsaturated/α-hetero) is 1. The molecular formula is C17H22FNO2. The SMILES string of the molecule is CCC(=O)C(NC(=O)c1ccccc1F)C1CCCCC1. The molecule has 1 amide bonds. The van der Waals surface area contributed by atoms with E-state index in [1.54, 1.807) is 19.1 Å². The first-order valence-corrected chi connectivity index (χ1v) is 7.71. The Morgan fingerprint density at radius 3 is 2.52 bits per heavy atom. The predicted molar refractivity (Wildman–Crippen MR) is 79.5 cm³/mol. The third kappa shape index (κ3) is 3.90. The number of ketones is 1. The van der Waals surface area contributed by atoms with Gasteiger partial charge in [-0.2, -0.15) is 0 Å². The highest BCUT2D eigenvalue weighted by atomic mass is 19.1. The second-order valence-corrected chi connectivity index (χ2v) is 5.65. The molecule has 114 valence electrons.